The molecule has 18 heavy (non-hydrogen) atoms. The number of aliphatic hydroxyl groups excluding tert-OH is 1. The first-order valence-corrected chi connectivity index (χ1v) is 7.15. The molecule has 0 spiro atoms. The number of nitrogens with two attached hydrogens (primary N) is 1. The quantitative estimate of drug-likeness (QED) is 0.756. The lowest BCUT2D eigenvalue weighted by atomic mass is 10.4. The first-order valence-electron chi connectivity index (χ1n) is 5.71. The van der Waals surface area contributed by atoms with Gasteiger partial charge in [0.2, 0.25) is 10.0 Å². The lowest BCUT2D eigenvalue weighted by Crippen LogP contribution is -2.39. The van der Waals surface area contributed by atoms with Gasteiger partial charge in [-0.25, -0.2) is 8.42 Å². The van der Waals surface area contributed by atoms with Crippen molar-refractivity contribution in [1.29, 1.82) is 0 Å². The molecular weight excluding hydrogens is 254 g/mol. The van der Waals surface area contributed by atoms with Crippen molar-refractivity contribution in [3.63, 3.8) is 0 Å². The van der Waals surface area contributed by atoms with E-state index < -0.39 is 10.0 Å². The first kappa shape index (κ1) is 15.0. The van der Waals surface area contributed by atoms with Crippen LogP contribution in [0.5, 0.6) is 0 Å². The highest BCUT2D eigenvalue weighted by molar-refractivity contribution is 7.89. The van der Waals surface area contributed by atoms with E-state index in [9.17, 15) is 8.42 Å². The van der Waals surface area contributed by atoms with E-state index in [1.165, 1.54) is 16.6 Å². The molecule has 1 rings (SSSR count). The van der Waals surface area contributed by atoms with Crippen LogP contribution >= 0.6 is 0 Å². The van der Waals surface area contributed by atoms with Gasteiger partial charge in [0.1, 0.15) is 4.90 Å². The van der Waals surface area contributed by atoms with Crippen molar-refractivity contribution in [2.45, 2.75) is 31.3 Å². The van der Waals surface area contributed by atoms with Gasteiger partial charge in [0, 0.05) is 25.3 Å². The highest BCUT2D eigenvalue weighted by atomic mass is 32.2. The molecule has 0 aromatic carbocycles. The number of pyridine rings is 1. The highest BCUT2D eigenvalue weighted by Gasteiger charge is 2.26. The molecular formula is C11H19N3O3S. The fourth-order valence-corrected chi connectivity index (χ4v) is 3.15. The highest BCUT2D eigenvalue weighted by Crippen LogP contribution is 2.17. The van der Waals surface area contributed by atoms with Gasteiger partial charge in [0.15, 0.2) is 0 Å². The normalized spacial score (nSPS) is 12.3. The predicted octanol–water partition coefficient (Wildman–Crippen LogP) is -0.0683. The maximum atomic E-state index is 12.3. The van der Waals surface area contributed by atoms with E-state index >= 15 is 0 Å². The molecule has 0 atom stereocenters. The lowest BCUT2D eigenvalue weighted by molar-refractivity contribution is 0.236. The summed E-state index contributed by atoms with van der Waals surface area (Å²) in [6.45, 7) is 3.64. The first-order chi connectivity index (χ1) is 8.43. The molecule has 0 fully saturated rings. The molecule has 0 radical (unpaired) electrons. The van der Waals surface area contributed by atoms with Crippen LogP contribution in [-0.2, 0) is 16.6 Å². The van der Waals surface area contributed by atoms with Crippen molar-refractivity contribution in [3.8, 4) is 0 Å². The standard InChI is InChI=1S/C11H19N3O3S/c1-9(2)14(5-6-15)18(16,17)11-4-3-10(7-12)13-8-11/h3-4,8-9,15H,5-7,12H2,1-2H3. The molecule has 0 aliphatic carbocycles. The lowest BCUT2D eigenvalue weighted by Gasteiger charge is -2.24. The van der Waals surface area contributed by atoms with Crippen LogP contribution in [0.2, 0.25) is 0 Å². The average molecular weight is 273 g/mol. The van der Waals surface area contributed by atoms with Gasteiger partial charge in [-0.1, -0.05) is 0 Å². The summed E-state index contributed by atoms with van der Waals surface area (Å²) >= 11 is 0. The van der Waals surface area contributed by atoms with E-state index in [1.807, 2.05) is 0 Å². The molecule has 0 aliphatic heterocycles. The van der Waals surface area contributed by atoms with Gasteiger partial charge in [-0.15, -0.1) is 0 Å². The van der Waals surface area contributed by atoms with Crippen LogP contribution in [-0.4, -0.2) is 42.0 Å². The fraction of sp³-hybridized carbons (Fsp3) is 0.545. The van der Waals surface area contributed by atoms with Crippen molar-refractivity contribution in [3.05, 3.63) is 24.0 Å². The monoisotopic (exact) mass is 273 g/mol. The summed E-state index contributed by atoms with van der Waals surface area (Å²) in [5.74, 6) is 0. The van der Waals surface area contributed by atoms with E-state index in [0.29, 0.717) is 5.69 Å². The molecule has 0 aliphatic rings. The molecule has 1 heterocycles. The van der Waals surface area contributed by atoms with Crippen LogP contribution < -0.4 is 5.73 Å². The molecule has 1 aromatic heterocycles. The zero-order valence-electron chi connectivity index (χ0n) is 10.6. The minimum absolute atomic E-state index is 0.0681. The summed E-state index contributed by atoms with van der Waals surface area (Å²) in [6.07, 6.45) is 1.30. The fourth-order valence-electron chi connectivity index (χ4n) is 1.57. The number of nitrogens with zero attached hydrogens (tertiary/aromatic N) is 2. The maximum Gasteiger partial charge on any atom is 0.244 e. The Labute approximate surface area is 107 Å². The zero-order valence-corrected chi connectivity index (χ0v) is 11.4. The smallest absolute Gasteiger partial charge is 0.244 e. The van der Waals surface area contributed by atoms with Gasteiger partial charge in [0.05, 0.1) is 12.3 Å². The van der Waals surface area contributed by atoms with Crippen LogP contribution in [0.15, 0.2) is 23.2 Å². The molecule has 0 amide bonds. The van der Waals surface area contributed by atoms with Gasteiger partial charge < -0.3 is 10.8 Å². The Morgan fingerprint density at radius 3 is 2.50 bits per heavy atom. The Hall–Kier alpha value is -1.02. The second kappa shape index (κ2) is 6.24. The Morgan fingerprint density at radius 2 is 2.11 bits per heavy atom. The predicted molar refractivity (Wildman–Crippen MR) is 68.2 cm³/mol. The van der Waals surface area contributed by atoms with Crippen LogP contribution in [0.1, 0.15) is 19.5 Å². The number of rotatable bonds is 6. The summed E-state index contributed by atoms with van der Waals surface area (Å²) in [6, 6.07) is 2.85. The third-order valence-corrected chi connectivity index (χ3v) is 4.57. The number of sulfonamides is 1. The van der Waals surface area contributed by atoms with Crippen molar-refractivity contribution >= 4 is 10.0 Å². The second-order valence-corrected chi connectivity index (χ2v) is 6.01. The van der Waals surface area contributed by atoms with Crippen LogP contribution in [0.25, 0.3) is 0 Å². The SMILES string of the molecule is CC(C)N(CCO)S(=O)(=O)c1ccc(CN)nc1. The number of hydrogen-bond donors (Lipinski definition) is 2. The van der Waals surface area contributed by atoms with E-state index in [4.69, 9.17) is 10.8 Å². The van der Waals surface area contributed by atoms with Crippen LogP contribution in [0, 0.1) is 0 Å². The third-order valence-electron chi connectivity index (χ3n) is 2.51. The minimum atomic E-state index is -3.62. The zero-order chi connectivity index (χ0) is 13.8. The van der Waals surface area contributed by atoms with E-state index in [1.54, 1.807) is 19.9 Å². The van der Waals surface area contributed by atoms with Gasteiger partial charge in [-0.3, -0.25) is 4.98 Å². The molecule has 1 aromatic rings. The maximum absolute atomic E-state index is 12.3. The second-order valence-electron chi connectivity index (χ2n) is 4.12. The number of hydrogen-bond acceptors (Lipinski definition) is 5. The van der Waals surface area contributed by atoms with E-state index in [0.717, 1.165) is 0 Å². The average Bonchev–Trinajstić information content (AvgIpc) is 2.35. The Morgan fingerprint density at radius 1 is 1.44 bits per heavy atom. The van der Waals surface area contributed by atoms with Crippen LogP contribution in [0.3, 0.4) is 0 Å². The summed E-state index contributed by atoms with van der Waals surface area (Å²) in [7, 11) is -3.62. The molecule has 0 saturated heterocycles. The molecule has 0 bridgehead atoms. The molecule has 102 valence electrons. The minimum Gasteiger partial charge on any atom is -0.395 e. The van der Waals surface area contributed by atoms with Gasteiger partial charge in [-0.2, -0.15) is 4.31 Å². The summed E-state index contributed by atoms with van der Waals surface area (Å²) in [5, 5.41) is 8.94. The van der Waals surface area contributed by atoms with Crippen LogP contribution in [0.4, 0.5) is 0 Å². The topological polar surface area (TPSA) is 96.5 Å². The van der Waals surface area contributed by atoms with Crippen molar-refractivity contribution in [1.82, 2.24) is 9.29 Å². The molecule has 0 saturated carbocycles. The van der Waals surface area contributed by atoms with Gasteiger partial charge >= 0.3 is 0 Å². The van der Waals surface area contributed by atoms with E-state index in [2.05, 4.69) is 4.98 Å². The van der Waals surface area contributed by atoms with Gasteiger partial charge in [-0.05, 0) is 26.0 Å². The summed E-state index contributed by atoms with van der Waals surface area (Å²) < 4.78 is 25.9. The summed E-state index contributed by atoms with van der Waals surface area (Å²) in [5.41, 5.74) is 6.04. The van der Waals surface area contributed by atoms with Crippen molar-refractivity contribution in [2.24, 2.45) is 5.73 Å². The Balaban J connectivity index is 3.09. The van der Waals surface area contributed by atoms with Gasteiger partial charge in [0.25, 0.3) is 0 Å². The third kappa shape index (κ3) is 3.26. The van der Waals surface area contributed by atoms with Crippen molar-refractivity contribution in [2.75, 3.05) is 13.2 Å². The molecule has 7 heteroatoms. The molecule has 0 unspecified atom stereocenters. The van der Waals surface area contributed by atoms with Crippen molar-refractivity contribution < 1.29 is 13.5 Å². The van der Waals surface area contributed by atoms with E-state index in [-0.39, 0.29) is 30.6 Å². The Bertz CT molecular complexity index is 471. The molecule has 6 nitrogen and oxygen atoms in total. The Kier molecular flexibility index (Phi) is 5.21. The number of aliphatic hydroxyl groups is 1. The molecule has 3 N–H and O–H groups in total. The summed E-state index contributed by atoms with van der Waals surface area (Å²) in [4.78, 5) is 4.08. The largest absolute Gasteiger partial charge is 0.395 e. The number of aromatic nitrogens is 1.